The molecule has 0 fully saturated rings. The molecule has 106 valence electrons. The Morgan fingerprint density at radius 1 is 1.33 bits per heavy atom. The van der Waals surface area contributed by atoms with Gasteiger partial charge in [-0.2, -0.15) is 0 Å². The first kappa shape index (κ1) is 16.7. The van der Waals surface area contributed by atoms with Gasteiger partial charge in [-0.05, 0) is 13.8 Å². The van der Waals surface area contributed by atoms with Crippen LogP contribution in [0.5, 0.6) is 0 Å². The zero-order chi connectivity index (χ0) is 14.0. The minimum Gasteiger partial charge on any atom is -0.480 e. The summed E-state index contributed by atoms with van der Waals surface area (Å²) in [6, 6.07) is -0.138. The average Bonchev–Trinajstić information content (AvgIpc) is 2.28. The number of nitrogens with zero attached hydrogens (tertiary/aromatic N) is 1. The third-order valence-electron chi connectivity index (χ3n) is 2.17. The number of amides is 2. The molecule has 0 saturated carbocycles. The van der Waals surface area contributed by atoms with E-state index in [0.29, 0.717) is 13.2 Å². The number of rotatable bonds is 9. The maximum absolute atomic E-state index is 11.8. The number of carboxylic acid groups (broad SMARTS) is 1. The van der Waals surface area contributed by atoms with Gasteiger partial charge in [0.15, 0.2) is 0 Å². The summed E-state index contributed by atoms with van der Waals surface area (Å²) in [5.74, 6) is -1.02. The highest BCUT2D eigenvalue weighted by molar-refractivity contribution is 5.74. The summed E-state index contributed by atoms with van der Waals surface area (Å²) in [6.07, 6.45) is 0. The lowest BCUT2D eigenvalue weighted by Crippen LogP contribution is -2.46. The van der Waals surface area contributed by atoms with Crippen molar-refractivity contribution in [3.05, 3.63) is 0 Å². The summed E-state index contributed by atoms with van der Waals surface area (Å²) < 4.78 is 9.74. The fraction of sp³-hybridized carbons (Fsp3) is 0.818. The van der Waals surface area contributed by atoms with Gasteiger partial charge >= 0.3 is 12.0 Å². The van der Waals surface area contributed by atoms with Crippen LogP contribution in [-0.4, -0.2) is 68.1 Å². The minimum atomic E-state index is -1.02. The van der Waals surface area contributed by atoms with Crippen molar-refractivity contribution >= 4 is 12.0 Å². The molecule has 0 aliphatic rings. The number of urea groups is 1. The molecule has 0 saturated heterocycles. The van der Waals surface area contributed by atoms with Crippen LogP contribution in [-0.2, 0) is 14.3 Å². The smallest absolute Gasteiger partial charge is 0.329 e. The normalized spacial score (nSPS) is 10.4. The van der Waals surface area contributed by atoms with Gasteiger partial charge < -0.3 is 24.8 Å². The molecule has 0 bridgehead atoms. The number of methoxy groups -OCH3 is 1. The molecule has 0 unspecified atom stereocenters. The van der Waals surface area contributed by atoms with Gasteiger partial charge in [-0.25, -0.2) is 9.59 Å². The molecule has 18 heavy (non-hydrogen) atoms. The zero-order valence-corrected chi connectivity index (χ0v) is 11.1. The number of carbonyl (C=O) groups is 2. The van der Waals surface area contributed by atoms with E-state index < -0.39 is 5.97 Å². The molecule has 2 N–H and O–H groups in total. The molecule has 0 aliphatic heterocycles. The lowest BCUT2D eigenvalue weighted by molar-refractivity contribution is -0.142. The molecule has 2 amide bonds. The van der Waals surface area contributed by atoms with Crippen molar-refractivity contribution in [3.63, 3.8) is 0 Å². The van der Waals surface area contributed by atoms with Gasteiger partial charge in [0.1, 0.15) is 6.61 Å². The Labute approximate surface area is 107 Å². The molecule has 0 aromatic heterocycles. The van der Waals surface area contributed by atoms with Crippen LogP contribution in [0.2, 0.25) is 0 Å². The van der Waals surface area contributed by atoms with Gasteiger partial charge in [0.2, 0.25) is 0 Å². The molecule has 0 aromatic rings. The lowest BCUT2D eigenvalue weighted by Gasteiger charge is -2.26. The van der Waals surface area contributed by atoms with Gasteiger partial charge in [0.25, 0.3) is 0 Å². The Hall–Kier alpha value is -1.34. The van der Waals surface area contributed by atoms with Crippen molar-refractivity contribution in [1.82, 2.24) is 10.2 Å². The van der Waals surface area contributed by atoms with E-state index in [0.717, 1.165) is 0 Å². The first-order valence-electron chi connectivity index (χ1n) is 5.82. The molecule has 0 spiro atoms. The van der Waals surface area contributed by atoms with Gasteiger partial charge in [-0.1, -0.05) is 0 Å². The Balaban J connectivity index is 3.85. The van der Waals surface area contributed by atoms with E-state index in [1.54, 1.807) is 12.0 Å². The maximum atomic E-state index is 11.8. The van der Waals surface area contributed by atoms with Crippen LogP contribution in [0.1, 0.15) is 13.8 Å². The number of ether oxygens (including phenoxy) is 2. The second-order valence-electron chi connectivity index (χ2n) is 3.96. The highest BCUT2D eigenvalue weighted by Crippen LogP contribution is 1.98. The van der Waals surface area contributed by atoms with Crippen LogP contribution in [0.25, 0.3) is 0 Å². The number of carbonyl (C=O) groups excluding carboxylic acids is 1. The molecule has 0 heterocycles. The average molecular weight is 262 g/mol. The molecular weight excluding hydrogens is 240 g/mol. The van der Waals surface area contributed by atoms with Crippen LogP contribution in [0.15, 0.2) is 0 Å². The third kappa shape index (κ3) is 7.86. The predicted octanol–water partition coefficient (Wildman–Crippen LogP) is 0.154. The topological polar surface area (TPSA) is 88.1 Å². The van der Waals surface area contributed by atoms with Crippen molar-refractivity contribution in [1.29, 1.82) is 0 Å². The summed E-state index contributed by atoms with van der Waals surface area (Å²) in [5.41, 5.74) is 0. The molecule has 0 aliphatic carbocycles. The minimum absolute atomic E-state index is 0.0695. The highest BCUT2D eigenvalue weighted by atomic mass is 16.5. The van der Waals surface area contributed by atoms with Gasteiger partial charge in [0.05, 0.1) is 13.2 Å². The van der Waals surface area contributed by atoms with Crippen molar-refractivity contribution in [3.8, 4) is 0 Å². The van der Waals surface area contributed by atoms with Gasteiger partial charge in [-0.3, -0.25) is 0 Å². The fourth-order valence-electron chi connectivity index (χ4n) is 1.28. The highest BCUT2D eigenvalue weighted by Gasteiger charge is 2.15. The molecule has 0 radical (unpaired) electrons. The summed E-state index contributed by atoms with van der Waals surface area (Å²) >= 11 is 0. The molecule has 0 aromatic carbocycles. The second kappa shape index (κ2) is 9.67. The Morgan fingerprint density at radius 2 is 2.00 bits per heavy atom. The molecule has 7 nitrogen and oxygen atoms in total. The van der Waals surface area contributed by atoms with Gasteiger partial charge in [-0.15, -0.1) is 0 Å². The van der Waals surface area contributed by atoms with Crippen LogP contribution >= 0.6 is 0 Å². The van der Waals surface area contributed by atoms with E-state index in [4.69, 9.17) is 14.6 Å². The summed E-state index contributed by atoms with van der Waals surface area (Å²) in [7, 11) is 1.58. The van der Waals surface area contributed by atoms with Crippen LogP contribution in [0.4, 0.5) is 4.79 Å². The number of carboxylic acids is 1. The number of hydrogen-bond donors (Lipinski definition) is 2. The Morgan fingerprint density at radius 3 is 2.50 bits per heavy atom. The molecule has 0 rings (SSSR count). The largest absolute Gasteiger partial charge is 0.480 e. The lowest BCUT2D eigenvalue weighted by atomic mass is 10.3. The summed E-state index contributed by atoms with van der Waals surface area (Å²) in [6.45, 7) is 4.91. The monoisotopic (exact) mass is 262 g/mol. The van der Waals surface area contributed by atoms with E-state index in [2.05, 4.69) is 5.32 Å². The van der Waals surface area contributed by atoms with E-state index in [9.17, 15) is 9.59 Å². The SMILES string of the molecule is COCCN(C(=O)NCCOCC(=O)O)C(C)C. The van der Waals surface area contributed by atoms with Crippen molar-refractivity contribution < 1.29 is 24.2 Å². The van der Waals surface area contributed by atoms with Crippen LogP contribution in [0, 0.1) is 0 Å². The number of hydrogen-bond acceptors (Lipinski definition) is 4. The van der Waals surface area contributed by atoms with E-state index in [1.807, 2.05) is 13.8 Å². The molecule has 7 heteroatoms. The Bertz CT molecular complexity index is 258. The zero-order valence-electron chi connectivity index (χ0n) is 11.1. The van der Waals surface area contributed by atoms with Crippen molar-refractivity contribution in [2.75, 3.05) is 40.0 Å². The summed E-state index contributed by atoms with van der Waals surface area (Å²) in [4.78, 5) is 23.6. The fourth-order valence-corrected chi connectivity index (χ4v) is 1.28. The first-order valence-corrected chi connectivity index (χ1v) is 5.82. The summed E-state index contributed by atoms with van der Waals surface area (Å²) in [5, 5.41) is 11.0. The van der Waals surface area contributed by atoms with E-state index >= 15 is 0 Å². The molecule has 0 atom stereocenters. The van der Waals surface area contributed by atoms with E-state index in [-0.39, 0.29) is 31.8 Å². The van der Waals surface area contributed by atoms with Crippen LogP contribution in [0.3, 0.4) is 0 Å². The van der Waals surface area contributed by atoms with E-state index in [1.165, 1.54) is 0 Å². The van der Waals surface area contributed by atoms with Gasteiger partial charge in [0, 0.05) is 26.2 Å². The predicted molar refractivity (Wildman–Crippen MR) is 65.6 cm³/mol. The second-order valence-corrected chi connectivity index (χ2v) is 3.96. The van der Waals surface area contributed by atoms with Crippen molar-refractivity contribution in [2.24, 2.45) is 0 Å². The van der Waals surface area contributed by atoms with Crippen LogP contribution < -0.4 is 5.32 Å². The first-order chi connectivity index (χ1) is 8.49. The number of aliphatic carboxylic acids is 1. The third-order valence-corrected chi connectivity index (χ3v) is 2.17. The quantitative estimate of drug-likeness (QED) is 0.578. The standard InChI is InChI=1S/C11H22N2O5/c1-9(2)13(5-7-17-3)11(16)12-4-6-18-8-10(14)15/h9H,4-8H2,1-3H3,(H,12,16)(H,14,15). The van der Waals surface area contributed by atoms with Crippen molar-refractivity contribution in [2.45, 2.75) is 19.9 Å². The maximum Gasteiger partial charge on any atom is 0.329 e. The molecular formula is C11H22N2O5. The number of nitrogens with one attached hydrogen (secondary N) is 1. The Kier molecular flexibility index (Phi) is 8.95.